The van der Waals surface area contributed by atoms with Crippen molar-refractivity contribution in [2.75, 3.05) is 18.4 Å². The Hall–Kier alpha value is -2.78. The second-order valence-corrected chi connectivity index (χ2v) is 11.0. The molecular formula is C25H33N5O3S. The molecule has 1 aliphatic heterocycles. The maximum Gasteiger partial charge on any atom is 0.243 e. The van der Waals surface area contributed by atoms with E-state index in [1.54, 1.807) is 18.2 Å². The monoisotopic (exact) mass is 483 g/mol. The molecule has 0 unspecified atom stereocenters. The first kappa shape index (κ1) is 24.3. The molecule has 1 atom stereocenters. The number of hydrogen-bond donors (Lipinski definition) is 1. The molecule has 1 N–H and O–H groups in total. The van der Waals surface area contributed by atoms with Crippen LogP contribution in [0.1, 0.15) is 57.2 Å². The number of hydrogen-bond acceptors (Lipinski definition) is 5. The van der Waals surface area contributed by atoms with E-state index in [0.717, 1.165) is 35.2 Å². The minimum atomic E-state index is -3.67. The molecule has 1 fully saturated rings. The van der Waals surface area contributed by atoms with Crippen LogP contribution in [0.3, 0.4) is 0 Å². The quantitative estimate of drug-likeness (QED) is 0.540. The largest absolute Gasteiger partial charge is 0.325 e. The summed E-state index contributed by atoms with van der Waals surface area (Å²) in [5.41, 5.74) is 4.41. The third kappa shape index (κ3) is 4.59. The zero-order valence-corrected chi connectivity index (χ0v) is 21.1. The highest BCUT2D eigenvalue weighted by atomic mass is 32.2. The van der Waals surface area contributed by atoms with Gasteiger partial charge in [-0.1, -0.05) is 37.3 Å². The first-order valence-electron chi connectivity index (χ1n) is 12.0. The number of rotatable bonds is 7. The third-order valence-corrected chi connectivity index (χ3v) is 8.80. The summed E-state index contributed by atoms with van der Waals surface area (Å²) in [4.78, 5) is 13.2. The average molecular weight is 484 g/mol. The minimum Gasteiger partial charge on any atom is -0.325 e. The van der Waals surface area contributed by atoms with Crippen molar-refractivity contribution in [3.05, 3.63) is 47.5 Å². The Morgan fingerprint density at radius 3 is 2.59 bits per heavy atom. The molecule has 0 bridgehead atoms. The average Bonchev–Trinajstić information content (AvgIpc) is 3.28. The summed E-state index contributed by atoms with van der Waals surface area (Å²) >= 11 is 0. The van der Waals surface area contributed by atoms with E-state index in [0.29, 0.717) is 31.4 Å². The summed E-state index contributed by atoms with van der Waals surface area (Å²) < 4.78 is 29.9. The van der Waals surface area contributed by atoms with Crippen molar-refractivity contribution < 1.29 is 13.2 Å². The molecule has 1 aromatic heterocycles. The Kier molecular flexibility index (Phi) is 7.04. The van der Waals surface area contributed by atoms with Crippen LogP contribution in [0.25, 0.3) is 11.0 Å². The smallest absolute Gasteiger partial charge is 0.243 e. The second kappa shape index (κ2) is 9.84. The van der Waals surface area contributed by atoms with Gasteiger partial charge in [-0.05, 0) is 68.9 Å². The van der Waals surface area contributed by atoms with E-state index in [2.05, 4.69) is 36.4 Å². The molecule has 0 radical (unpaired) electrons. The summed E-state index contributed by atoms with van der Waals surface area (Å²) in [5, 5.41) is 11.5. The SMILES string of the molecule is CCc1cccc(C)c1NC(=O)C1CCN(S(=O)(=O)c2ccc3c(c2)nnn3[C@@H](C)CC)CC1. The summed E-state index contributed by atoms with van der Waals surface area (Å²) in [6.07, 6.45) is 2.73. The van der Waals surface area contributed by atoms with Gasteiger partial charge in [0.05, 0.1) is 16.5 Å². The topological polar surface area (TPSA) is 97.2 Å². The van der Waals surface area contributed by atoms with Crippen LogP contribution in [0.4, 0.5) is 5.69 Å². The van der Waals surface area contributed by atoms with Crippen molar-refractivity contribution in [3.63, 3.8) is 0 Å². The molecule has 0 spiro atoms. The van der Waals surface area contributed by atoms with E-state index in [-0.39, 0.29) is 22.8 Å². The number of benzene rings is 2. The van der Waals surface area contributed by atoms with Crippen molar-refractivity contribution in [2.45, 2.75) is 64.3 Å². The number of aromatic nitrogens is 3. The summed E-state index contributed by atoms with van der Waals surface area (Å²) in [6, 6.07) is 11.2. The van der Waals surface area contributed by atoms with Crippen LogP contribution in [0.15, 0.2) is 41.3 Å². The van der Waals surface area contributed by atoms with Gasteiger partial charge in [0.15, 0.2) is 0 Å². The third-order valence-electron chi connectivity index (χ3n) is 6.90. The maximum atomic E-state index is 13.3. The molecule has 8 nitrogen and oxygen atoms in total. The van der Waals surface area contributed by atoms with E-state index >= 15 is 0 Å². The molecule has 1 aliphatic rings. The lowest BCUT2D eigenvalue weighted by atomic mass is 9.96. The fourth-order valence-electron chi connectivity index (χ4n) is 4.52. The fraction of sp³-hybridized carbons (Fsp3) is 0.480. The number of fused-ring (bicyclic) bond motifs is 1. The lowest BCUT2D eigenvalue weighted by Crippen LogP contribution is -2.41. The van der Waals surface area contributed by atoms with Crippen LogP contribution >= 0.6 is 0 Å². The zero-order chi connectivity index (χ0) is 24.5. The van der Waals surface area contributed by atoms with Crippen LogP contribution in [0.2, 0.25) is 0 Å². The maximum absolute atomic E-state index is 13.3. The first-order chi connectivity index (χ1) is 16.3. The van der Waals surface area contributed by atoms with E-state index in [4.69, 9.17) is 0 Å². The van der Waals surface area contributed by atoms with Crippen LogP contribution in [-0.4, -0.2) is 46.7 Å². The van der Waals surface area contributed by atoms with E-state index < -0.39 is 10.0 Å². The lowest BCUT2D eigenvalue weighted by Gasteiger charge is -2.30. The standard InChI is InChI=1S/C25H33N5O3S/c1-5-18(4)30-23-11-10-21(16-22(23)27-28-30)34(32,33)29-14-12-20(13-15-29)25(31)26-24-17(3)8-7-9-19(24)6-2/h7-11,16,18,20H,5-6,12-15H2,1-4H3,(H,26,31)/t18-/m0/s1. The van der Waals surface area contributed by atoms with Crippen LogP contribution in [0.5, 0.6) is 0 Å². The number of aryl methyl sites for hydroxylation is 2. The number of nitrogens with one attached hydrogen (secondary N) is 1. The predicted octanol–water partition coefficient (Wildman–Crippen LogP) is 4.31. The molecule has 0 aliphatic carbocycles. The minimum absolute atomic E-state index is 0.0378. The fourth-order valence-corrected chi connectivity index (χ4v) is 6.01. The van der Waals surface area contributed by atoms with Crippen LogP contribution < -0.4 is 5.32 Å². The summed E-state index contributed by atoms with van der Waals surface area (Å²) in [6.45, 7) is 8.81. The number of sulfonamides is 1. The molecule has 2 heterocycles. The van der Waals surface area contributed by atoms with Crippen LogP contribution in [-0.2, 0) is 21.2 Å². The Balaban J connectivity index is 1.45. The number of nitrogens with zero attached hydrogens (tertiary/aromatic N) is 4. The molecule has 34 heavy (non-hydrogen) atoms. The van der Waals surface area contributed by atoms with Gasteiger partial charge >= 0.3 is 0 Å². The predicted molar refractivity (Wildman–Crippen MR) is 133 cm³/mol. The van der Waals surface area contributed by atoms with Gasteiger partial charge in [-0.2, -0.15) is 4.31 Å². The number of piperidine rings is 1. The Bertz CT molecular complexity index is 1290. The summed E-state index contributed by atoms with van der Waals surface area (Å²) in [5.74, 6) is -0.252. The Morgan fingerprint density at radius 2 is 1.91 bits per heavy atom. The van der Waals surface area contributed by atoms with E-state index in [1.807, 2.05) is 29.8 Å². The number of amides is 1. The normalized spacial score (nSPS) is 16.6. The molecule has 1 saturated heterocycles. The molecule has 2 aromatic carbocycles. The Labute approximate surface area is 201 Å². The molecule has 3 aromatic rings. The van der Waals surface area contributed by atoms with Crippen molar-refractivity contribution in [2.24, 2.45) is 5.92 Å². The van der Waals surface area contributed by atoms with Crippen molar-refractivity contribution in [1.29, 1.82) is 0 Å². The van der Waals surface area contributed by atoms with Crippen molar-refractivity contribution in [3.8, 4) is 0 Å². The lowest BCUT2D eigenvalue weighted by molar-refractivity contribution is -0.120. The molecule has 4 rings (SSSR count). The van der Waals surface area contributed by atoms with Gasteiger partial charge in [0, 0.05) is 24.7 Å². The van der Waals surface area contributed by atoms with E-state index in [1.165, 1.54) is 4.31 Å². The van der Waals surface area contributed by atoms with Gasteiger partial charge in [-0.3, -0.25) is 4.79 Å². The first-order valence-corrected chi connectivity index (χ1v) is 13.4. The van der Waals surface area contributed by atoms with Gasteiger partial charge in [-0.25, -0.2) is 13.1 Å². The van der Waals surface area contributed by atoms with Crippen LogP contribution in [0, 0.1) is 12.8 Å². The van der Waals surface area contributed by atoms with Gasteiger partial charge < -0.3 is 5.32 Å². The van der Waals surface area contributed by atoms with Crippen molar-refractivity contribution >= 4 is 32.7 Å². The van der Waals surface area contributed by atoms with Crippen molar-refractivity contribution in [1.82, 2.24) is 19.3 Å². The Morgan fingerprint density at radius 1 is 1.18 bits per heavy atom. The van der Waals surface area contributed by atoms with Gasteiger partial charge in [-0.15, -0.1) is 5.10 Å². The molecule has 0 saturated carbocycles. The zero-order valence-electron chi connectivity index (χ0n) is 20.3. The summed E-state index contributed by atoms with van der Waals surface area (Å²) in [7, 11) is -3.67. The second-order valence-electron chi connectivity index (χ2n) is 9.07. The highest BCUT2D eigenvalue weighted by Crippen LogP contribution is 2.28. The molecule has 182 valence electrons. The van der Waals surface area contributed by atoms with Gasteiger partial charge in [0.2, 0.25) is 15.9 Å². The number of carbonyl (C=O) groups excluding carboxylic acids is 1. The molecular weight excluding hydrogens is 450 g/mol. The molecule has 1 amide bonds. The van der Waals surface area contributed by atoms with Gasteiger partial charge in [0.1, 0.15) is 5.52 Å². The highest BCUT2D eigenvalue weighted by Gasteiger charge is 2.32. The van der Waals surface area contributed by atoms with E-state index in [9.17, 15) is 13.2 Å². The number of para-hydroxylation sites is 1. The number of carbonyl (C=O) groups is 1. The highest BCUT2D eigenvalue weighted by molar-refractivity contribution is 7.89. The van der Waals surface area contributed by atoms with Gasteiger partial charge in [0.25, 0.3) is 0 Å². The molecule has 9 heteroatoms. The number of anilines is 1.